The molecular weight excluding hydrogens is 236 g/mol. The van der Waals surface area contributed by atoms with Crippen molar-refractivity contribution >= 4 is 17.6 Å². The number of rotatable bonds is 3. The van der Waals surface area contributed by atoms with E-state index in [2.05, 4.69) is 12.1 Å². The minimum absolute atomic E-state index is 0.0318. The lowest BCUT2D eigenvalue weighted by Gasteiger charge is -2.23. The third-order valence-electron chi connectivity index (χ3n) is 3.27. The van der Waals surface area contributed by atoms with E-state index in [1.54, 1.807) is 0 Å². The van der Waals surface area contributed by atoms with E-state index in [1.165, 1.54) is 11.1 Å². The Balaban J connectivity index is 2.11. The Morgan fingerprint density at radius 2 is 2.29 bits per heavy atom. The minimum Gasteiger partial charge on any atom is -0.466 e. The van der Waals surface area contributed by atoms with E-state index in [-0.39, 0.29) is 11.9 Å². The van der Waals surface area contributed by atoms with Crippen molar-refractivity contribution < 1.29 is 9.53 Å². The maximum absolute atomic E-state index is 11.7. The summed E-state index contributed by atoms with van der Waals surface area (Å²) >= 11 is 5.82. The quantitative estimate of drug-likeness (QED) is 0.610. The summed E-state index contributed by atoms with van der Waals surface area (Å²) in [6, 6.07) is 6.29. The Labute approximate surface area is 107 Å². The molecule has 0 fully saturated rings. The summed E-state index contributed by atoms with van der Waals surface area (Å²) in [5.41, 5.74) is 3.76. The molecule has 17 heavy (non-hydrogen) atoms. The van der Waals surface area contributed by atoms with E-state index in [1.807, 2.05) is 13.0 Å². The summed E-state index contributed by atoms with van der Waals surface area (Å²) in [4.78, 5) is 11.7. The molecule has 1 aromatic carbocycles. The number of carbonyl (C=O) groups excluding carboxylic acids is 1. The molecule has 0 aromatic heterocycles. The Bertz CT molecular complexity index is 415. The second kappa shape index (κ2) is 5.54. The third-order valence-corrected chi connectivity index (χ3v) is 3.58. The van der Waals surface area contributed by atoms with Gasteiger partial charge in [-0.2, -0.15) is 0 Å². The first kappa shape index (κ1) is 12.4. The topological polar surface area (TPSA) is 26.3 Å². The standard InChI is InChI=1S/C14H17ClO2/c1-2-17-14(16)13-6-5-11-7-10(9-15)3-4-12(11)8-13/h3-4,7,13H,2,5-6,8-9H2,1H3. The lowest BCUT2D eigenvalue weighted by atomic mass is 9.83. The smallest absolute Gasteiger partial charge is 0.309 e. The Morgan fingerprint density at radius 3 is 3.00 bits per heavy atom. The largest absolute Gasteiger partial charge is 0.466 e. The highest BCUT2D eigenvalue weighted by Crippen LogP contribution is 2.27. The van der Waals surface area contributed by atoms with Gasteiger partial charge in [0.1, 0.15) is 0 Å². The molecule has 0 radical (unpaired) electrons. The van der Waals surface area contributed by atoms with Crippen molar-refractivity contribution in [3.05, 3.63) is 34.9 Å². The molecule has 0 saturated carbocycles. The average Bonchev–Trinajstić information content (AvgIpc) is 2.37. The highest BCUT2D eigenvalue weighted by molar-refractivity contribution is 6.17. The van der Waals surface area contributed by atoms with Crippen LogP contribution in [0.1, 0.15) is 30.0 Å². The van der Waals surface area contributed by atoms with Crippen LogP contribution in [0.5, 0.6) is 0 Å². The van der Waals surface area contributed by atoms with Crippen molar-refractivity contribution in [1.29, 1.82) is 0 Å². The molecule has 0 heterocycles. The van der Waals surface area contributed by atoms with Crippen molar-refractivity contribution in [2.75, 3.05) is 6.61 Å². The number of esters is 1. The van der Waals surface area contributed by atoms with Crippen molar-refractivity contribution in [3.63, 3.8) is 0 Å². The third kappa shape index (κ3) is 2.81. The molecule has 2 nitrogen and oxygen atoms in total. The summed E-state index contributed by atoms with van der Waals surface area (Å²) in [6.45, 7) is 2.31. The number of halogens is 1. The molecule has 0 bridgehead atoms. The molecule has 0 saturated heterocycles. The lowest BCUT2D eigenvalue weighted by molar-refractivity contribution is -0.148. The summed E-state index contributed by atoms with van der Waals surface area (Å²) in [5, 5.41) is 0. The summed E-state index contributed by atoms with van der Waals surface area (Å²) in [7, 11) is 0. The van der Waals surface area contributed by atoms with Crippen molar-refractivity contribution in [3.8, 4) is 0 Å². The van der Waals surface area contributed by atoms with E-state index in [0.717, 1.165) is 24.8 Å². The molecule has 1 atom stereocenters. The molecule has 3 heteroatoms. The zero-order valence-corrected chi connectivity index (χ0v) is 10.8. The van der Waals surface area contributed by atoms with Crippen LogP contribution in [0.15, 0.2) is 18.2 Å². The van der Waals surface area contributed by atoms with Gasteiger partial charge in [0.05, 0.1) is 12.5 Å². The molecule has 1 aliphatic carbocycles. The van der Waals surface area contributed by atoms with Gasteiger partial charge < -0.3 is 4.74 Å². The average molecular weight is 253 g/mol. The zero-order chi connectivity index (χ0) is 12.3. The normalized spacial score (nSPS) is 18.6. The van der Waals surface area contributed by atoms with E-state index in [9.17, 15) is 4.79 Å². The van der Waals surface area contributed by atoms with Gasteiger partial charge >= 0.3 is 5.97 Å². The van der Waals surface area contributed by atoms with Gasteiger partial charge in [-0.25, -0.2) is 0 Å². The van der Waals surface area contributed by atoms with E-state index >= 15 is 0 Å². The van der Waals surface area contributed by atoms with Crippen LogP contribution in [0.2, 0.25) is 0 Å². The summed E-state index contributed by atoms with van der Waals surface area (Å²) in [5.74, 6) is 0.526. The Kier molecular flexibility index (Phi) is 4.06. The molecule has 0 spiro atoms. The van der Waals surface area contributed by atoms with Crippen LogP contribution in [-0.2, 0) is 28.3 Å². The highest BCUT2D eigenvalue weighted by Gasteiger charge is 2.25. The minimum atomic E-state index is -0.0560. The molecule has 1 aliphatic rings. The van der Waals surface area contributed by atoms with Crippen LogP contribution >= 0.6 is 11.6 Å². The number of fused-ring (bicyclic) bond motifs is 1. The van der Waals surface area contributed by atoms with Gasteiger partial charge in [0.25, 0.3) is 0 Å². The van der Waals surface area contributed by atoms with Gasteiger partial charge in [-0.3, -0.25) is 4.79 Å². The predicted octanol–water partition coefficient (Wildman–Crippen LogP) is 3.09. The molecule has 0 aliphatic heterocycles. The number of hydrogen-bond acceptors (Lipinski definition) is 2. The predicted molar refractivity (Wildman–Crippen MR) is 68.1 cm³/mol. The van der Waals surface area contributed by atoms with Gasteiger partial charge in [-0.15, -0.1) is 11.6 Å². The van der Waals surface area contributed by atoms with Gasteiger partial charge in [-0.1, -0.05) is 18.2 Å². The SMILES string of the molecule is CCOC(=O)C1CCc2cc(CCl)ccc2C1. The Hall–Kier alpha value is -1.02. The zero-order valence-electron chi connectivity index (χ0n) is 10.0. The number of benzene rings is 1. The van der Waals surface area contributed by atoms with Gasteiger partial charge in [0, 0.05) is 5.88 Å². The van der Waals surface area contributed by atoms with Crippen LogP contribution < -0.4 is 0 Å². The first-order valence-electron chi connectivity index (χ1n) is 6.08. The van der Waals surface area contributed by atoms with Crippen molar-refractivity contribution in [2.45, 2.75) is 32.1 Å². The second-order valence-corrected chi connectivity index (χ2v) is 4.70. The number of alkyl halides is 1. The maximum Gasteiger partial charge on any atom is 0.309 e. The fourth-order valence-corrected chi connectivity index (χ4v) is 2.52. The first-order valence-corrected chi connectivity index (χ1v) is 6.61. The number of aryl methyl sites for hydroxylation is 1. The molecule has 92 valence electrons. The monoisotopic (exact) mass is 252 g/mol. The van der Waals surface area contributed by atoms with E-state index in [4.69, 9.17) is 16.3 Å². The van der Waals surface area contributed by atoms with Crippen LogP contribution in [-0.4, -0.2) is 12.6 Å². The number of ether oxygens (including phenoxy) is 1. The number of hydrogen-bond donors (Lipinski definition) is 0. The van der Waals surface area contributed by atoms with Crippen molar-refractivity contribution in [1.82, 2.24) is 0 Å². The number of carbonyl (C=O) groups is 1. The molecule has 1 unspecified atom stereocenters. The molecular formula is C14H17ClO2. The molecule has 0 amide bonds. The first-order chi connectivity index (χ1) is 8.24. The molecule has 0 N–H and O–H groups in total. The van der Waals surface area contributed by atoms with Gasteiger partial charge in [-0.05, 0) is 42.9 Å². The van der Waals surface area contributed by atoms with Crippen LogP contribution in [0, 0.1) is 5.92 Å². The van der Waals surface area contributed by atoms with Crippen LogP contribution in [0.4, 0.5) is 0 Å². The van der Waals surface area contributed by atoms with Crippen molar-refractivity contribution in [2.24, 2.45) is 5.92 Å². The Morgan fingerprint density at radius 1 is 1.47 bits per heavy atom. The fourth-order valence-electron chi connectivity index (χ4n) is 2.35. The van der Waals surface area contributed by atoms with E-state index < -0.39 is 0 Å². The van der Waals surface area contributed by atoms with Crippen LogP contribution in [0.3, 0.4) is 0 Å². The van der Waals surface area contributed by atoms with E-state index in [0.29, 0.717) is 12.5 Å². The lowest BCUT2D eigenvalue weighted by Crippen LogP contribution is -2.24. The second-order valence-electron chi connectivity index (χ2n) is 4.43. The summed E-state index contributed by atoms with van der Waals surface area (Å²) in [6.07, 6.45) is 2.64. The fraction of sp³-hybridized carbons (Fsp3) is 0.500. The van der Waals surface area contributed by atoms with Gasteiger partial charge in [0.15, 0.2) is 0 Å². The highest BCUT2D eigenvalue weighted by atomic mass is 35.5. The van der Waals surface area contributed by atoms with Gasteiger partial charge in [0.2, 0.25) is 0 Å². The molecule has 2 rings (SSSR count). The summed E-state index contributed by atoms with van der Waals surface area (Å²) < 4.78 is 5.08. The molecule has 1 aromatic rings. The maximum atomic E-state index is 11.7. The van der Waals surface area contributed by atoms with Crippen LogP contribution in [0.25, 0.3) is 0 Å².